The number of benzene rings is 2. The molecule has 1 saturated heterocycles. The van der Waals surface area contributed by atoms with Gasteiger partial charge in [-0.3, -0.25) is 0 Å². The van der Waals surface area contributed by atoms with E-state index in [1.165, 1.54) is 22.0 Å². The minimum absolute atomic E-state index is 0.163. The highest BCUT2D eigenvalue weighted by Crippen LogP contribution is 2.33. The van der Waals surface area contributed by atoms with E-state index in [1.807, 2.05) is 0 Å². The van der Waals surface area contributed by atoms with Crippen molar-refractivity contribution in [2.24, 2.45) is 0 Å². The van der Waals surface area contributed by atoms with Crippen LogP contribution in [0.2, 0.25) is 5.28 Å². The standard InChI is InChI=1S/C23H23ClN6/c1-25-13-17-14-30(12-10-26-17)22-19-9-11-29(15-20(19)27-23(24)28-22)21-8-4-6-16-5-2-3-7-18(16)21/h2-8,17,26H,9-15H2/t17-/m0/s1. The summed E-state index contributed by atoms with van der Waals surface area (Å²) in [6.45, 7) is 11.8. The van der Waals surface area contributed by atoms with Gasteiger partial charge in [-0.15, -0.1) is 0 Å². The number of anilines is 2. The molecule has 3 heterocycles. The van der Waals surface area contributed by atoms with Gasteiger partial charge in [0.15, 0.2) is 0 Å². The van der Waals surface area contributed by atoms with E-state index < -0.39 is 0 Å². The van der Waals surface area contributed by atoms with Crippen LogP contribution in [0.4, 0.5) is 11.5 Å². The Hall–Kier alpha value is -2.88. The average Bonchev–Trinajstić information content (AvgIpc) is 2.78. The quantitative estimate of drug-likeness (QED) is 0.520. The maximum Gasteiger partial charge on any atom is 0.231 e. The summed E-state index contributed by atoms with van der Waals surface area (Å²) < 4.78 is 0. The predicted molar refractivity (Wildman–Crippen MR) is 121 cm³/mol. The van der Waals surface area contributed by atoms with Gasteiger partial charge in [0.05, 0.1) is 18.3 Å². The largest absolute Gasteiger partial charge is 0.365 e. The van der Waals surface area contributed by atoms with Crippen molar-refractivity contribution < 1.29 is 0 Å². The number of fused-ring (bicyclic) bond motifs is 2. The molecule has 0 aliphatic carbocycles. The molecule has 1 N–H and O–H groups in total. The Morgan fingerprint density at radius 2 is 1.97 bits per heavy atom. The van der Waals surface area contributed by atoms with E-state index in [0.29, 0.717) is 11.8 Å². The summed E-state index contributed by atoms with van der Waals surface area (Å²) in [7, 11) is 0. The fourth-order valence-corrected chi connectivity index (χ4v) is 4.76. The Morgan fingerprint density at radius 3 is 2.87 bits per heavy atom. The van der Waals surface area contributed by atoms with E-state index in [-0.39, 0.29) is 6.04 Å². The number of rotatable bonds is 3. The van der Waals surface area contributed by atoms with Crippen LogP contribution >= 0.6 is 11.6 Å². The first-order chi connectivity index (χ1) is 14.7. The van der Waals surface area contributed by atoms with Gasteiger partial charge in [0.2, 0.25) is 11.8 Å². The summed E-state index contributed by atoms with van der Waals surface area (Å²) in [5.41, 5.74) is 3.43. The third kappa shape index (κ3) is 3.55. The Labute approximate surface area is 181 Å². The monoisotopic (exact) mass is 418 g/mol. The van der Waals surface area contributed by atoms with Gasteiger partial charge in [-0.2, -0.15) is 0 Å². The number of nitrogens with zero attached hydrogens (tertiary/aromatic N) is 5. The number of aromatic nitrogens is 2. The molecule has 2 aliphatic heterocycles. The second-order valence-electron chi connectivity index (χ2n) is 7.85. The van der Waals surface area contributed by atoms with Gasteiger partial charge in [-0.1, -0.05) is 36.4 Å². The molecule has 0 spiro atoms. The van der Waals surface area contributed by atoms with Crippen molar-refractivity contribution in [2.75, 3.05) is 42.5 Å². The molecule has 5 rings (SSSR count). The van der Waals surface area contributed by atoms with Crippen LogP contribution in [-0.4, -0.2) is 48.7 Å². The number of halogens is 1. The average molecular weight is 419 g/mol. The highest BCUT2D eigenvalue weighted by atomic mass is 35.5. The molecule has 1 fully saturated rings. The third-order valence-electron chi connectivity index (χ3n) is 5.99. The zero-order chi connectivity index (χ0) is 20.5. The normalized spacial score (nSPS) is 18.9. The Kier molecular flexibility index (Phi) is 5.16. The fraction of sp³-hybridized carbons (Fsp3) is 0.348. The zero-order valence-corrected chi connectivity index (χ0v) is 17.4. The highest BCUT2D eigenvalue weighted by Gasteiger charge is 2.29. The van der Waals surface area contributed by atoms with Crippen LogP contribution in [0.5, 0.6) is 0 Å². The lowest BCUT2D eigenvalue weighted by molar-refractivity contribution is 0.473. The first-order valence-corrected chi connectivity index (χ1v) is 10.7. The second kappa shape index (κ2) is 8.10. The number of hydrogen-bond acceptors (Lipinski definition) is 5. The molecule has 0 radical (unpaired) electrons. The molecule has 0 amide bonds. The lowest BCUT2D eigenvalue weighted by atomic mass is 10.0. The fourth-order valence-electron chi connectivity index (χ4n) is 4.58. The van der Waals surface area contributed by atoms with Gasteiger partial charge in [0, 0.05) is 42.8 Å². The number of hydrogen-bond donors (Lipinski definition) is 1. The van der Waals surface area contributed by atoms with Crippen LogP contribution in [0.3, 0.4) is 0 Å². The second-order valence-corrected chi connectivity index (χ2v) is 8.19. The smallest absolute Gasteiger partial charge is 0.231 e. The molecule has 1 aromatic heterocycles. The van der Waals surface area contributed by atoms with Crippen LogP contribution in [0.15, 0.2) is 42.5 Å². The van der Waals surface area contributed by atoms with E-state index in [9.17, 15) is 0 Å². The van der Waals surface area contributed by atoms with Crippen molar-refractivity contribution in [1.82, 2.24) is 15.3 Å². The molecule has 3 aromatic rings. The van der Waals surface area contributed by atoms with E-state index in [0.717, 1.165) is 50.7 Å². The van der Waals surface area contributed by atoms with Gasteiger partial charge < -0.3 is 20.0 Å². The lowest BCUT2D eigenvalue weighted by Crippen LogP contribution is -2.52. The predicted octanol–water partition coefficient (Wildman–Crippen LogP) is 3.54. The van der Waals surface area contributed by atoms with E-state index in [4.69, 9.17) is 18.2 Å². The molecule has 2 aliphatic rings. The van der Waals surface area contributed by atoms with E-state index in [2.05, 4.69) is 72.4 Å². The van der Waals surface area contributed by atoms with Crippen LogP contribution in [-0.2, 0) is 13.0 Å². The van der Waals surface area contributed by atoms with Crippen LogP contribution in [0.1, 0.15) is 11.3 Å². The lowest BCUT2D eigenvalue weighted by Gasteiger charge is -2.36. The SMILES string of the molecule is [C-]#[N+]C[C@H]1CN(c2nc(Cl)nc3c2CCN(c2cccc4ccccc24)C3)CCN1. The van der Waals surface area contributed by atoms with Gasteiger partial charge in [0.1, 0.15) is 5.82 Å². The Morgan fingerprint density at radius 1 is 1.10 bits per heavy atom. The Bertz CT molecular complexity index is 1120. The summed E-state index contributed by atoms with van der Waals surface area (Å²) in [5.74, 6) is 0.944. The van der Waals surface area contributed by atoms with Crippen LogP contribution < -0.4 is 15.1 Å². The maximum atomic E-state index is 7.17. The third-order valence-corrected chi connectivity index (χ3v) is 6.16. The molecule has 0 unspecified atom stereocenters. The number of nitrogens with one attached hydrogen (secondary N) is 1. The molecule has 6 nitrogen and oxygen atoms in total. The van der Waals surface area contributed by atoms with Crippen molar-refractivity contribution in [3.05, 3.63) is 70.4 Å². The first kappa shape index (κ1) is 19.1. The number of piperazine rings is 1. The van der Waals surface area contributed by atoms with Crippen molar-refractivity contribution in [1.29, 1.82) is 0 Å². The van der Waals surface area contributed by atoms with Crippen molar-refractivity contribution in [3.63, 3.8) is 0 Å². The summed E-state index contributed by atoms with van der Waals surface area (Å²) in [6.07, 6.45) is 0.877. The molecule has 0 saturated carbocycles. The van der Waals surface area contributed by atoms with E-state index in [1.54, 1.807) is 0 Å². The topological polar surface area (TPSA) is 48.7 Å². The van der Waals surface area contributed by atoms with Gasteiger partial charge >= 0.3 is 0 Å². The maximum absolute atomic E-state index is 7.17. The molecule has 2 aromatic carbocycles. The first-order valence-electron chi connectivity index (χ1n) is 10.3. The molecule has 152 valence electrons. The van der Waals surface area contributed by atoms with Crippen molar-refractivity contribution in [2.45, 2.75) is 19.0 Å². The molecular formula is C23H23ClN6. The molecule has 0 bridgehead atoms. The zero-order valence-electron chi connectivity index (χ0n) is 16.7. The van der Waals surface area contributed by atoms with Crippen molar-refractivity contribution >= 4 is 33.9 Å². The summed E-state index contributed by atoms with van der Waals surface area (Å²) in [5, 5.41) is 6.22. The molecule has 1 atom stereocenters. The summed E-state index contributed by atoms with van der Waals surface area (Å²) in [6, 6.07) is 15.1. The minimum atomic E-state index is 0.163. The Balaban J connectivity index is 1.47. The van der Waals surface area contributed by atoms with Crippen LogP contribution in [0, 0.1) is 6.57 Å². The summed E-state index contributed by atoms with van der Waals surface area (Å²) >= 11 is 6.36. The van der Waals surface area contributed by atoms with Crippen molar-refractivity contribution in [3.8, 4) is 0 Å². The molecular weight excluding hydrogens is 396 g/mol. The van der Waals surface area contributed by atoms with Gasteiger partial charge in [0.25, 0.3) is 0 Å². The molecule has 30 heavy (non-hydrogen) atoms. The van der Waals surface area contributed by atoms with Gasteiger partial charge in [-0.05, 0) is 29.5 Å². The van der Waals surface area contributed by atoms with Crippen LogP contribution in [0.25, 0.3) is 15.6 Å². The highest BCUT2D eigenvalue weighted by molar-refractivity contribution is 6.28. The molecule has 7 heteroatoms. The van der Waals surface area contributed by atoms with E-state index >= 15 is 0 Å². The summed E-state index contributed by atoms with van der Waals surface area (Å²) in [4.78, 5) is 17.4. The van der Waals surface area contributed by atoms with Gasteiger partial charge in [-0.25, -0.2) is 16.5 Å². The minimum Gasteiger partial charge on any atom is -0.365 e.